The van der Waals surface area contributed by atoms with E-state index in [-0.39, 0.29) is 7.27 Å². The van der Waals surface area contributed by atoms with Gasteiger partial charge in [0.25, 0.3) is 0 Å². The molecule has 0 spiro atoms. The molecule has 0 nitrogen and oxygen atoms in total. The summed E-state index contributed by atoms with van der Waals surface area (Å²) in [6.07, 6.45) is 8.43. The molecule has 0 saturated carbocycles. The Balaban J connectivity index is 4.20. The van der Waals surface area contributed by atoms with Gasteiger partial charge in [0.15, 0.2) is 0 Å². The molecule has 16 heavy (non-hydrogen) atoms. The summed E-state index contributed by atoms with van der Waals surface area (Å²) in [6.45, 7) is 11.4. The van der Waals surface area contributed by atoms with Crippen molar-refractivity contribution in [3.8, 4) is 0 Å². The third kappa shape index (κ3) is 9.67. The zero-order valence-electron chi connectivity index (χ0n) is 11.6. The van der Waals surface area contributed by atoms with E-state index in [1.165, 1.54) is 25.4 Å². The summed E-state index contributed by atoms with van der Waals surface area (Å²) in [5.74, 6) is 1.52. The van der Waals surface area contributed by atoms with Gasteiger partial charge >= 0.3 is 0 Å². The van der Waals surface area contributed by atoms with Gasteiger partial charge in [-0.05, 0) is 44.3 Å². The molecule has 0 N–H and O–H groups in total. The molecule has 0 radical (unpaired) electrons. The van der Waals surface area contributed by atoms with Gasteiger partial charge in [-0.2, -0.15) is 0 Å². The lowest BCUT2D eigenvalue weighted by molar-refractivity contribution is 0.570. The third-order valence-corrected chi connectivity index (χ3v) is 4.82. The van der Waals surface area contributed by atoms with Gasteiger partial charge in [0.2, 0.25) is 0 Å². The highest BCUT2D eigenvalue weighted by Crippen LogP contribution is 2.42. The standard InChI is InChI=1S/C14H28ClP/c1-6-8-16(15)9-7-14(10-12(2)3)11-13(4)5/h7,12-13H,6,8-11H2,1-5H3. The number of hydrogen-bond acceptors (Lipinski definition) is 0. The summed E-state index contributed by atoms with van der Waals surface area (Å²) >= 11 is 6.32. The molecule has 0 aromatic heterocycles. The van der Waals surface area contributed by atoms with Crippen LogP contribution in [0.2, 0.25) is 0 Å². The molecule has 1 unspecified atom stereocenters. The van der Waals surface area contributed by atoms with E-state index in [1.807, 2.05) is 0 Å². The molecule has 0 aliphatic carbocycles. The average molecular weight is 263 g/mol. The van der Waals surface area contributed by atoms with Gasteiger partial charge in [-0.1, -0.05) is 63.9 Å². The summed E-state index contributed by atoms with van der Waals surface area (Å²) in [5, 5.41) is 0. The molecular weight excluding hydrogens is 235 g/mol. The van der Waals surface area contributed by atoms with E-state index in [0.29, 0.717) is 0 Å². The van der Waals surface area contributed by atoms with Crippen LogP contribution in [0.1, 0.15) is 53.9 Å². The van der Waals surface area contributed by atoms with Gasteiger partial charge in [0, 0.05) is 0 Å². The first kappa shape index (κ1) is 16.5. The highest BCUT2D eigenvalue weighted by atomic mass is 35.7. The van der Waals surface area contributed by atoms with Crippen molar-refractivity contribution in [1.29, 1.82) is 0 Å². The predicted octanol–water partition coefficient (Wildman–Crippen LogP) is 6.05. The maximum absolute atomic E-state index is 6.32. The van der Waals surface area contributed by atoms with Crippen LogP contribution < -0.4 is 0 Å². The second-order valence-electron chi connectivity index (χ2n) is 5.43. The molecule has 0 rings (SSSR count). The van der Waals surface area contributed by atoms with Gasteiger partial charge in [-0.3, -0.25) is 0 Å². The number of allylic oxidation sites excluding steroid dienone is 2. The van der Waals surface area contributed by atoms with Crippen molar-refractivity contribution in [3.05, 3.63) is 11.6 Å². The molecule has 0 bridgehead atoms. The molecule has 96 valence electrons. The second kappa shape index (κ2) is 9.49. The van der Waals surface area contributed by atoms with Crippen molar-refractivity contribution in [3.63, 3.8) is 0 Å². The molecule has 0 fully saturated rings. The summed E-state index contributed by atoms with van der Waals surface area (Å²) in [5.41, 5.74) is 1.62. The fourth-order valence-electron chi connectivity index (χ4n) is 1.86. The Labute approximate surface area is 108 Å². The Kier molecular flexibility index (Phi) is 9.76. The summed E-state index contributed by atoms with van der Waals surface area (Å²) in [4.78, 5) is 0. The van der Waals surface area contributed by atoms with Gasteiger partial charge < -0.3 is 0 Å². The lowest BCUT2D eigenvalue weighted by atomic mass is 9.95. The average Bonchev–Trinajstić information content (AvgIpc) is 2.13. The zero-order chi connectivity index (χ0) is 12.6. The minimum atomic E-state index is -0.267. The molecule has 0 aliphatic heterocycles. The van der Waals surface area contributed by atoms with Crippen LogP contribution in [0, 0.1) is 11.8 Å². The van der Waals surface area contributed by atoms with Crippen LogP contribution in [0.3, 0.4) is 0 Å². The lowest BCUT2D eigenvalue weighted by Crippen LogP contribution is -1.98. The third-order valence-electron chi connectivity index (χ3n) is 2.39. The molecule has 0 heterocycles. The van der Waals surface area contributed by atoms with E-state index in [4.69, 9.17) is 11.2 Å². The van der Waals surface area contributed by atoms with Crippen molar-refractivity contribution >= 4 is 18.5 Å². The van der Waals surface area contributed by atoms with Crippen LogP contribution in [-0.4, -0.2) is 12.3 Å². The van der Waals surface area contributed by atoms with E-state index < -0.39 is 0 Å². The Morgan fingerprint density at radius 1 is 1.12 bits per heavy atom. The van der Waals surface area contributed by atoms with Crippen molar-refractivity contribution in [2.24, 2.45) is 11.8 Å². The lowest BCUT2D eigenvalue weighted by Gasteiger charge is -2.14. The van der Waals surface area contributed by atoms with Crippen LogP contribution in [0.4, 0.5) is 0 Å². The van der Waals surface area contributed by atoms with Gasteiger partial charge in [0.05, 0.1) is 0 Å². The van der Waals surface area contributed by atoms with Crippen molar-refractivity contribution in [2.45, 2.75) is 53.9 Å². The maximum atomic E-state index is 6.32. The summed E-state index contributed by atoms with van der Waals surface area (Å²) in [6, 6.07) is 0. The van der Waals surface area contributed by atoms with Crippen LogP contribution in [0.25, 0.3) is 0 Å². The summed E-state index contributed by atoms with van der Waals surface area (Å²) in [7, 11) is -0.267. The Morgan fingerprint density at radius 3 is 2.00 bits per heavy atom. The Morgan fingerprint density at radius 2 is 1.62 bits per heavy atom. The van der Waals surface area contributed by atoms with Crippen LogP contribution in [0.5, 0.6) is 0 Å². The second-order valence-corrected chi connectivity index (χ2v) is 8.60. The quantitative estimate of drug-likeness (QED) is 0.369. The Hall–Kier alpha value is 0.460. The fourth-order valence-corrected chi connectivity index (χ4v) is 3.70. The molecule has 1 atom stereocenters. The molecule has 0 amide bonds. The van der Waals surface area contributed by atoms with Crippen LogP contribution >= 0.6 is 18.5 Å². The largest absolute Gasteiger partial charge is 0.0961 e. The molecular formula is C14H28ClP. The normalized spacial score (nSPS) is 13.2. The van der Waals surface area contributed by atoms with E-state index in [0.717, 1.165) is 18.0 Å². The minimum Gasteiger partial charge on any atom is -0.0961 e. The van der Waals surface area contributed by atoms with Crippen molar-refractivity contribution in [2.75, 3.05) is 12.3 Å². The molecule has 0 aromatic carbocycles. The topological polar surface area (TPSA) is 0 Å². The monoisotopic (exact) mass is 262 g/mol. The van der Waals surface area contributed by atoms with Gasteiger partial charge in [-0.25, -0.2) is 0 Å². The van der Waals surface area contributed by atoms with E-state index >= 15 is 0 Å². The first-order chi connectivity index (χ1) is 7.45. The summed E-state index contributed by atoms with van der Waals surface area (Å²) < 4.78 is 0. The number of halogens is 1. The van der Waals surface area contributed by atoms with E-state index in [1.54, 1.807) is 5.57 Å². The van der Waals surface area contributed by atoms with Gasteiger partial charge in [-0.15, -0.1) is 0 Å². The van der Waals surface area contributed by atoms with Gasteiger partial charge in [0.1, 0.15) is 0 Å². The van der Waals surface area contributed by atoms with E-state index in [2.05, 4.69) is 40.7 Å². The highest BCUT2D eigenvalue weighted by Gasteiger charge is 2.06. The Bertz CT molecular complexity index is 185. The number of hydrogen-bond donors (Lipinski definition) is 0. The first-order valence-corrected chi connectivity index (χ1v) is 9.16. The van der Waals surface area contributed by atoms with Crippen LogP contribution in [-0.2, 0) is 0 Å². The maximum Gasteiger partial charge on any atom is -0.000306 e. The van der Waals surface area contributed by atoms with Crippen molar-refractivity contribution < 1.29 is 0 Å². The SMILES string of the molecule is CCCP(Cl)CC=C(CC(C)C)CC(C)C. The highest BCUT2D eigenvalue weighted by molar-refractivity contribution is 7.84. The molecule has 0 saturated heterocycles. The molecule has 2 heteroatoms. The van der Waals surface area contributed by atoms with Crippen LogP contribution in [0.15, 0.2) is 11.6 Å². The zero-order valence-corrected chi connectivity index (χ0v) is 13.2. The molecule has 0 aromatic rings. The number of rotatable bonds is 8. The minimum absolute atomic E-state index is 0.267. The van der Waals surface area contributed by atoms with Crippen molar-refractivity contribution in [1.82, 2.24) is 0 Å². The first-order valence-electron chi connectivity index (χ1n) is 6.54. The fraction of sp³-hybridized carbons (Fsp3) is 0.857. The predicted molar refractivity (Wildman–Crippen MR) is 79.8 cm³/mol. The van der Waals surface area contributed by atoms with E-state index in [9.17, 15) is 0 Å². The smallest absolute Gasteiger partial charge is 0.000306 e. The molecule has 0 aliphatic rings.